The number of fused-ring (bicyclic) bond motifs is 1. The van der Waals surface area contributed by atoms with Crippen molar-refractivity contribution < 1.29 is 23.1 Å². The average molecular weight is 563 g/mol. The molecule has 216 valence electrons. The van der Waals surface area contributed by atoms with Gasteiger partial charge in [-0.1, -0.05) is 86.6 Å². The molecule has 0 aromatic heterocycles. The highest BCUT2D eigenvalue weighted by molar-refractivity contribution is 6.77. The molecule has 0 spiro atoms. The summed E-state index contributed by atoms with van der Waals surface area (Å²) in [6.07, 6.45) is 6.26. The number of carbonyl (C=O) groups is 1. The Bertz CT molecular complexity index is 924. The van der Waals surface area contributed by atoms with Gasteiger partial charge in [-0.25, -0.2) is 4.79 Å². The fourth-order valence-electron chi connectivity index (χ4n) is 5.76. The fraction of sp³-hybridized carbons (Fsp3) is 0.710. The summed E-state index contributed by atoms with van der Waals surface area (Å²) in [5.41, 5.74) is 2.88. The van der Waals surface area contributed by atoms with Crippen molar-refractivity contribution in [3.8, 4) is 5.75 Å². The third kappa shape index (κ3) is 7.61. The molecule has 38 heavy (non-hydrogen) atoms. The van der Waals surface area contributed by atoms with Crippen LogP contribution < -0.4 is 4.74 Å². The molecule has 2 atom stereocenters. The van der Waals surface area contributed by atoms with Crippen molar-refractivity contribution in [1.29, 1.82) is 0 Å². The molecule has 1 aromatic carbocycles. The van der Waals surface area contributed by atoms with Crippen LogP contribution in [0.5, 0.6) is 5.75 Å². The van der Waals surface area contributed by atoms with Gasteiger partial charge in [-0.2, -0.15) is 0 Å². The lowest BCUT2D eigenvalue weighted by molar-refractivity contribution is 0.0395. The molecule has 1 aliphatic heterocycles. The first kappa shape index (κ1) is 32.8. The van der Waals surface area contributed by atoms with E-state index in [9.17, 15) is 4.79 Å². The zero-order valence-corrected chi connectivity index (χ0v) is 28.1. The number of benzene rings is 1. The van der Waals surface area contributed by atoms with Crippen molar-refractivity contribution in [1.82, 2.24) is 0 Å². The average Bonchev–Trinajstić information content (AvgIpc) is 2.79. The van der Waals surface area contributed by atoms with E-state index >= 15 is 0 Å². The lowest BCUT2D eigenvalue weighted by Gasteiger charge is -2.45. The zero-order valence-electron chi connectivity index (χ0n) is 26.1. The summed E-state index contributed by atoms with van der Waals surface area (Å²) in [6.45, 7) is 25.7. The molecule has 0 saturated heterocycles. The third-order valence-electron chi connectivity index (χ3n) is 8.72. The maximum absolute atomic E-state index is 13.2. The van der Waals surface area contributed by atoms with E-state index in [0.29, 0.717) is 47.4 Å². The highest BCUT2D eigenvalue weighted by Crippen LogP contribution is 2.44. The first-order valence-electron chi connectivity index (χ1n) is 14.4. The molecule has 0 aliphatic carbocycles. The Morgan fingerprint density at radius 1 is 0.974 bits per heavy atom. The largest absolute Gasteiger partial charge is 0.496 e. The van der Waals surface area contributed by atoms with Crippen molar-refractivity contribution in [2.24, 2.45) is 0 Å². The fourth-order valence-corrected chi connectivity index (χ4v) is 12.7. The quantitative estimate of drug-likeness (QED) is 0.180. The number of hydrogen-bond donors (Lipinski definition) is 0. The van der Waals surface area contributed by atoms with Gasteiger partial charge in [-0.05, 0) is 52.8 Å². The number of hydrogen-bond acceptors (Lipinski definition) is 5. The van der Waals surface area contributed by atoms with Crippen LogP contribution in [0.4, 0.5) is 0 Å². The van der Waals surface area contributed by atoms with Gasteiger partial charge in [0.25, 0.3) is 0 Å². The molecular formula is C31H54O5Si2. The predicted molar refractivity (Wildman–Crippen MR) is 163 cm³/mol. The second-order valence-electron chi connectivity index (χ2n) is 13.3. The summed E-state index contributed by atoms with van der Waals surface area (Å²) in [4.78, 5) is 13.2. The molecule has 0 N–H and O–H groups in total. The van der Waals surface area contributed by atoms with Crippen LogP contribution in [-0.2, 0) is 20.0 Å². The smallest absolute Gasteiger partial charge is 0.342 e. The van der Waals surface area contributed by atoms with E-state index in [1.165, 1.54) is 0 Å². The van der Waals surface area contributed by atoms with Crippen molar-refractivity contribution in [2.75, 3.05) is 13.7 Å². The summed E-state index contributed by atoms with van der Waals surface area (Å²) in [5, 5.41) is 0.0815. The Hall–Kier alpha value is -1.42. The van der Waals surface area contributed by atoms with E-state index in [-0.39, 0.29) is 23.2 Å². The Morgan fingerprint density at radius 2 is 1.58 bits per heavy atom. The van der Waals surface area contributed by atoms with Gasteiger partial charge >= 0.3 is 5.97 Å². The number of esters is 1. The van der Waals surface area contributed by atoms with Crippen LogP contribution in [0.3, 0.4) is 0 Å². The van der Waals surface area contributed by atoms with Gasteiger partial charge < -0.3 is 18.3 Å². The number of rotatable bonds is 8. The van der Waals surface area contributed by atoms with Gasteiger partial charge in [-0.3, -0.25) is 0 Å². The third-order valence-corrected chi connectivity index (χ3v) is 19.4. The van der Waals surface area contributed by atoms with E-state index in [0.717, 1.165) is 12.0 Å². The van der Waals surface area contributed by atoms with Crippen LogP contribution in [0.25, 0.3) is 0 Å². The Balaban J connectivity index is 2.55. The van der Waals surface area contributed by atoms with Crippen LogP contribution in [0.2, 0.25) is 34.8 Å². The number of carbonyl (C=O) groups excluding carboxylic acids is 1. The van der Waals surface area contributed by atoms with Gasteiger partial charge in [0.05, 0.1) is 25.9 Å². The molecule has 1 heterocycles. The summed E-state index contributed by atoms with van der Waals surface area (Å²) in [7, 11) is -2.59. The van der Waals surface area contributed by atoms with Crippen molar-refractivity contribution in [3.63, 3.8) is 0 Å². The monoisotopic (exact) mass is 562 g/mol. The van der Waals surface area contributed by atoms with Gasteiger partial charge in [0.1, 0.15) is 11.3 Å². The maximum Gasteiger partial charge on any atom is 0.342 e. The Kier molecular flexibility index (Phi) is 11.5. The summed E-state index contributed by atoms with van der Waals surface area (Å²) in [6, 6.07) is 5.72. The zero-order chi connectivity index (χ0) is 28.9. The molecule has 0 amide bonds. The highest BCUT2D eigenvalue weighted by Gasteiger charge is 2.47. The second-order valence-corrected chi connectivity index (χ2v) is 23.4. The van der Waals surface area contributed by atoms with Crippen molar-refractivity contribution in [2.45, 2.75) is 129 Å². The normalized spacial score (nSPS) is 21.1. The van der Waals surface area contributed by atoms with E-state index in [1.54, 1.807) is 7.11 Å². The predicted octanol–water partition coefficient (Wildman–Crippen LogP) is 8.70. The van der Waals surface area contributed by atoms with E-state index in [1.807, 2.05) is 18.2 Å². The SMILES string of the molecule is COc1cccc2c1C(=O)OCCC(O[Si](C)(C)C(C)(C)C)C[C@H](O[Si](C(C)C)(C(C)C)C(C)C)/C=C/C2. The van der Waals surface area contributed by atoms with Crippen LogP contribution >= 0.6 is 0 Å². The lowest BCUT2D eigenvalue weighted by atomic mass is 10.0. The number of ether oxygens (including phenoxy) is 2. The standard InChI is InChI=1S/C31H54O5Si2/c1-22(2)38(23(3)4,24(5)6)36-26-17-13-15-25-16-14-18-28(33-10)29(25)30(32)34-20-19-27(21-26)35-37(11,12)31(7,8)9/h13-14,16-18,22-24,26-27H,15,19-21H2,1-12H3/b17-13+/t26-,27?/m1/s1. The Labute approximate surface area is 234 Å². The lowest BCUT2D eigenvalue weighted by Crippen LogP contribution is -2.51. The number of cyclic esters (lactones) is 1. The number of methoxy groups -OCH3 is 1. The van der Waals surface area contributed by atoms with Gasteiger partial charge in [-0.15, -0.1) is 0 Å². The summed E-state index contributed by atoms with van der Waals surface area (Å²) < 4.78 is 25.6. The van der Waals surface area contributed by atoms with Gasteiger partial charge in [0, 0.05) is 12.8 Å². The van der Waals surface area contributed by atoms with Crippen molar-refractivity contribution in [3.05, 3.63) is 41.5 Å². The first-order chi connectivity index (χ1) is 17.6. The molecule has 1 aromatic rings. The molecule has 0 radical (unpaired) electrons. The molecule has 5 nitrogen and oxygen atoms in total. The molecule has 0 bridgehead atoms. The highest BCUT2D eigenvalue weighted by atomic mass is 28.4. The summed E-state index contributed by atoms with van der Waals surface area (Å²) >= 11 is 0. The van der Waals surface area contributed by atoms with Crippen LogP contribution in [0.1, 0.15) is 91.1 Å². The van der Waals surface area contributed by atoms with Crippen LogP contribution in [-0.4, -0.2) is 48.5 Å². The van der Waals surface area contributed by atoms with Crippen LogP contribution in [0, 0.1) is 0 Å². The topological polar surface area (TPSA) is 54.0 Å². The molecule has 0 saturated carbocycles. The van der Waals surface area contributed by atoms with Crippen LogP contribution in [0.15, 0.2) is 30.4 Å². The molecule has 7 heteroatoms. The molecule has 1 aliphatic rings. The molecular weight excluding hydrogens is 509 g/mol. The minimum absolute atomic E-state index is 0.0619. The summed E-state index contributed by atoms with van der Waals surface area (Å²) in [5.74, 6) is 0.210. The number of allylic oxidation sites excluding steroid dienone is 1. The van der Waals surface area contributed by atoms with Crippen molar-refractivity contribution >= 4 is 22.6 Å². The van der Waals surface area contributed by atoms with E-state index < -0.39 is 16.6 Å². The molecule has 0 fully saturated rings. The van der Waals surface area contributed by atoms with Gasteiger partial charge in [0.2, 0.25) is 8.32 Å². The molecule has 1 unspecified atom stereocenters. The minimum atomic E-state index is -2.13. The minimum Gasteiger partial charge on any atom is -0.496 e. The first-order valence-corrected chi connectivity index (χ1v) is 19.5. The van der Waals surface area contributed by atoms with E-state index in [2.05, 4.69) is 87.6 Å². The van der Waals surface area contributed by atoms with E-state index in [4.69, 9.17) is 18.3 Å². The molecule has 2 rings (SSSR count). The maximum atomic E-state index is 13.2. The van der Waals surface area contributed by atoms with Gasteiger partial charge in [0.15, 0.2) is 8.32 Å². The second kappa shape index (κ2) is 13.3. The Morgan fingerprint density at radius 3 is 2.11 bits per heavy atom.